The minimum atomic E-state index is 0.900. The Balaban J connectivity index is 1.17. The van der Waals surface area contributed by atoms with Crippen LogP contribution in [0.25, 0.3) is 64.0 Å². The fraction of sp³-hybridized carbons (Fsp3) is 0. The second kappa shape index (κ2) is 9.59. The van der Waals surface area contributed by atoms with Gasteiger partial charge in [0.15, 0.2) is 0 Å². The van der Waals surface area contributed by atoms with Gasteiger partial charge in [0.1, 0.15) is 11.2 Å². The highest BCUT2D eigenvalue weighted by Crippen LogP contribution is 2.41. The van der Waals surface area contributed by atoms with Crippen LogP contribution in [0.4, 0.5) is 17.1 Å². The van der Waals surface area contributed by atoms with Gasteiger partial charge in [0.2, 0.25) is 0 Å². The van der Waals surface area contributed by atoms with Crippen LogP contribution in [0, 0.1) is 0 Å². The van der Waals surface area contributed by atoms with E-state index in [1.54, 1.807) is 0 Å². The van der Waals surface area contributed by atoms with Crippen LogP contribution in [0.1, 0.15) is 0 Å². The van der Waals surface area contributed by atoms with Crippen molar-refractivity contribution in [1.82, 2.24) is 0 Å². The minimum absolute atomic E-state index is 0.900. The van der Waals surface area contributed by atoms with E-state index in [1.165, 1.54) is 42.1 Å². The van der Waals surface area contributed by atoms with Gasteiger partial charge in [-0.1, -0.05) is 84.9 Å². The molecular weight excluding hydrogens is 543 g/mol. The fourth-order valence-electron chi connectivity index (χ4n) is 6.42. The van der Waals surface area contributed by atoms with Crippen molar-refractivity contribution in [3.63, 3.8) is 0 Å². The zero-order valence-corrected chi connectivity index (χ0v) is 24.0. The Labute approximate surface area is 252 Å². The van der Waals surface area contributed by atoms with Crippen LogP contribution in [0.2, 0.25) is 0 Å². The molecule has 2 nitrogen and oxygen atoms in total. The molecular formula is C40H25NOS. The molecule has 0 N–H and O–H groups in total. The smallest absolute Gasteiger partial charge is 0.135 e. The lowest BCUT2D eigenvalue weighted by atomic mass is 9.96. The molecule has 0 unspecified atom stereocenters. The number of benzene rings is 7. The zero-order chi connectivity index (χ0) is 28.3. The summed E-state index contributed by atoms with van der Waals surface area (Å²) in [7, 11) is 0. The molecule has 0 aliphatic heterocycles. The SMILES string of the molecule is c1ccc(N(c2ccc(-c3cccc4cc5c(cc34)sc3ccccc35)cc2)c2ccc3oc4ccccc4c3c2)cc1. The number of nitrogens with zero attached hydrogens (tertiary/aromatic N) is 1. The molecule has 43 heavy (non-hydrogen) atoms. The van der Waals surface area contributed by atoms with E-state index >= 15 is 0 Å². The van der Waals surface area contributed by atoms with E-state index in [0.717, 1.165) is 39.0 Å². The van der Waals surface area contributed by atoms with E-state index in [9.17, 15) is 0 Å². The number of hydrogen-bond donors (Lipinski definition) is 0. The summed E-state index contributed by atoms with van der Waals surface area (Å²) in [5.41, 5.74) is 7.58. The topological polar surface area (TPSA) is 16.4 Å². The molecule has 202 valence electrons. The van der Waals surface area contributed by atoms with Crippen molar-refractivity contribution in [3.05, 3.63) is 152 Å². The number of hydrogen-bond acceptors (Lipinski definition) is 3. The quantitative estimate of drug-likeness (QED) is 0.210. The van der Waals surface area contributed by atoms with E-state index < -0.39 is 0 Å². The first-order valence-electron chi connectivity index (χ1n) is 14.5. The molecule has 0 bridgehead atoms. The average Bonchev–Trinajstić information content (AvgIpc) is 3.62. The molecule has 0 aliphatic rings. The Hall–Kier alpha value is -5.38. The van der Waals surface area contributed by atoms with E-state index in [4.69, 9.17) is 4.42 Å². The molecule has 0 fully saturated rings. The Morgan fingerprint density at radius 1 is 0.419 bits per heavy atom. The Bertz CT molecular complexity index is 2450. The third-order valence-electron chi connectivity index (χ3n) is 8.45. The van der Waals surface area contributed by atoms with Crippen molar-refractivity contribution in [1.29, 1.82) is 0 Å². The first-order valence-corrected chi connectivity index (χ1v) is 15.3. The first kappa shape index (κ1) is 24.2. The van der Waals surface area contributed by atoms with Gasteiger partial charge in [0, 0.05) is 48.0 Å². The zero-order valence-electron chi connectivity index (χ0n) is 23.2. The van der Waals surface area contributed by atoms with Crippen molar-refractivity contribution in [3.8, 4) is 11.1 Å². The summed E-state index contributed by atoms with van der Waals surface area (Å²) in [5.74, 6) is 0. The summed E-state index contributed by atoms with van der Waals surface area (Å²) in [5, 5.41) is 7.47. The standard InChI is InChI=1S/C40H25NOS/c1-2-10-28(11-3-1)41(30-21-22-38-35(24-30)32-12-4-6-15-37(32)42-38)29-19-17-26(18-20-29)31-14-8-9-27-23-36-33-13-5-7-16-39(33)43-40(36)25-34(27)31/h1-25H. The van der Waals surface area contributed by atoms with Crippen molar-refractivity contribution in [2.24, 2.45) is 0 Å². The molecule has 2 heterocycles. The summed E-state index contributed by atoms with van der Waals surface area (Å²) in [4.78, 5) is 2.31. The maximum atomic E-state index is 6.12. The van der Waals surface area contributed by atoms with Crippen molar-refractivity contribution < 1.29 is 4.42 Å². The molecule has 0 atom stereocenters. The molecule has 0 saturated carbocycles. The highest BCUT2D eigenvalue weighted by atomic mass is 32.1. The van der Waals surface area contributed by atoms with Gasteiger partial charge in [-0.15, -0.1) is 11.3 Å². The molecule has 7 aromatic carbocycles. The fourth-order valence-corrected chi connectivity index (χ4v) is 7.54. The molecule has 0 amide bonds. The van der Waals surface area contributed by atoms with Gasteiger partial charge in [0.05, 0.1) is 0 Å². The molecule has 9 rings (SSSR count). The number of fused-ring (bicyclic) bond motifs is 7. The maximum Gasteiger partial charge on any atom is 0.135 e. The third-order valence-corrected chi connectivity index (χ3v) is 9.58. The van der Waals surface area contributed by atoms with Gasteiger partial charge in [-0.05, 0) is 88.6 Å². The average molecular weight is 568 g/mol. The summed E-state index contributed by atoms with van der Waals surface area (Å²) in [6.07, 6.45) is 0. The second-order valence-corrected chi connectivity index (χ2v) is 12.1. The molecule has 0 radical (unpaired) electrons. The second-order valence-electron chi connectivity index (χ2n) is 11.0. The molecule has 0 aliphatic carbocycles. The van der Waals surface area contributed by atoms with Gasteiger partial charge < -0.3 is 9.32 Å². The Kier molecular flexibility index (Phi) is 5.40. The van der Waals surface area contributed by atoms with Crippen LogP contribution in [0.5, 0.6) is 0 Å². The summed E-state index contributed by atoms with van der Waals surface area (Å²) >= 11 is 1.87. The third kappa shape index (κ3) is 3.93. The van der Waals surface area contributed by atoms with Gasteiger partial charge in [-0.2, -0.15) is 0 Å². The highest BCUT2D eigenvalue weighted by molar-refractivity contribution is 7.25. The van der Waals surface area contributed by atoms with Crippen molar-refractivity contribution in [2.75, 3.05) is 4.90 Å². The molecule has 0 spiro atoms. The van der Waals surface area contributed by atoms with Gasteiger partial charge in [-0.25, -0.2) is 0 Å². The summed E-state index contributed by atoms with van der Waals surface area (Å²) < 4.78 is 8.79. The molecule has 2 aromatic heterocycles. The Morgan fingerprint density at radius 3 is 2.02 bits per heavy atom. The van der Waals surface area contributed by atoms with Crippen LogP contribution in [-0.4, -0.2) is 0 Å². The van der Waals surface area contributed by atoms with Crippen LogP contribution in [-0.2, 0) is 0 Å². The predicted molar refractivity (Wildman–Crippen MR) is 184 cm³/mol. The van der Waals surface area contributed by atoms with E-state index in [-0.39, 0.29) is 0 Å². The lowest BCUT2D eigenvalue weighted by molar-refractivity contribution is 0.669. The van der Waals surface area contributed by atoms with Gasteiger partial charge in [-0.3, -0.25) is 0 Å². The normalized spacial score (nSPS) is 11.7. The maximum absolute atomic E-state index is 6.12. The lowest BCUT2D eigenvalue weighted by Crippen LogP contribution is -2.09. The van der Waals surface area contributed by atoms with Crippen molar-refractivity contribution >= 4 is 81.3 Å². The minimum Gasteiger partial charge on any atom is -0.456 e. The van der Waals surface area contributed by atoms with Crippen LogP contribution in [0.15, 0.2) is 156 Å². The largest absolute Gasteiger partial charge is 0.456 e. The number of furan rings is 1. The predicted octanol–water partition coefficient (Wildman–Crippen LogP) is 12.2. The van der Waals surface area contributed by atoms with E-state index in [1.807, 2.05) is 23.5 Å². The number of para-hydroxylation sites is 2. The molecule has 9 aromatic rings. The van der Waals surface area contributed by atoms with Gasteiger partial charge in [0.25, 0.3) is 0 Å². The van der Waals surface area contributed by atoms with E-state index in [0.29, 0.717) is 0 Å². The van der Waals surface area contributed by atoms with Crippen LogP contribution >= 0.6 is 11.3 Å². The van der Waals surface area contributed by atoms with E-state index in [2.05, 4.69) is 144 Å². The van der Waals surface area contributed by atoms with Crippen molar-refractivity contribution in [2.45, 2.75) is 0 Å². The number of thiophene rings is 1. The first-order chi connectivity index (χ1) is 21.3. The monoisotopic (exact) mass is 567 g/mol. The van der Waals surface area contributed by atoms with Gasteiger partial charge >= 0.3 is 0 Å². The molecule has 0 saturated heterocycles. The van der Waals surface area contributed by atoms with Crippen LogP contribution < -0.4 is 4.90 Å². The van der Waals surface area contributed by atoms with Crippen LogP contribution in [0.3, 0.4) is 0 Å². The number of rotatable bonds is 4. The number of anilines is 3. The Morgan fingerprint density at radius 2 is 1.14 bits per heavy atom. The molecule has 3 heteroatoms. The summed E-state index contributed by atoms with van der Waals surface area (Å²) in [6, 6.07) is 54.3. The summed E-state index contributed by atoms with van der Waals surface area (Å²) in [6.45, 7) is 0. The lowest BCUT2D eigenvalue weighted by Gasteiger charge is -2.25. The highest BCUT2D eigenvalue weighted by Gasteiger charge is 2.16.